The fraction of sp³-hybridized carbons (Fsp3) is 0.500. The molecule has 0 bridgehead atoms. The average molecular weight is 542 g/mol. The summed E-state index contributed by atoms with van der Waals surface area (Å²) in [6, 6.07) is 13.3. The van der Waals surface area contributed by atoms with Gasteiger partial charge in [0.05, 0.1) is 0 Å². The predicted octanol–water partition coefficient (Wildman–Crippen LogP) is 6.26. The number of nitrogens with one attached hydrogen (secondary N) is 2. The molecule has 0 saturated heterocycles. The molecule has 0 saturated carbocycles. The minimum absolute atomic E-state index is 0.322. The van der Waals surface area contributed by atoms with Crippen molar-refractivity contribution in [2.45, 2.75) is 85.0 Å². The number of para-hydroxylation sites is 1. The highest BCUT2D eigenvalue weighted by Crippen LogP contribution is 2.32. The summed E-state index contributed by atoms with van der Waals surface area (Å²) in [5.41, 5.74) is 1.82. The van der Waals surface area contributed by atoms with Crippen LogP contribution in [0.15, 0.2) is 48.5 Å². The third-order valence-corrected chi connectivity index (χ3v) is 6.55. The molecular formula is C30H43N3O4S. The van der Waals surface area contributed by atoms with Gasteiger partial charge in [-0.05, 0) is 90.5 Å². The maximum Gasteiger partial charge on any atom is 0.408 e. The lowest BCUT2D eigenvalue weighted by Crippen LogP contribution is -2.58. The molecule has 0 spiro atoms. The van der Waals surface area contributed by atoms with Crippen LogP contribution in [0.5, 0.6) is 0 Å². The van der Waals surface area contributed by atoms with E-state index in [9.17, 15) is 14.4 Å². The molecule has 8 heteroatoms. The second kappa shape index (κ2) is 13.2. The summed E-state index contributed by atoms with van der Waals surface area (Å²) in [5, 5.41) is 5.87. The molecule has 2 atom stereocenters. The van der Waals surface area contributed by atoms with Crippen LogP contribution >= 0.6 is 11.8 Å². The molecule has 0 aliphatic heterocycles. The Morgan fingerprint density at radius 1 is 0.921 bits per heavy atom. The first-order valence-electron chi connectivity index (χ1n) is 12.9. The summed E-state index contributed by atoms with van der Waals surface area (Å²) >= 11 is 1.58. The summed E-state index contributed by atoms with van der Waals surface area (Å²) in [6.07, 6.45) is 1.68. The molecule has 2 aromatic carbocycles. The molecule has 2 rings (SSSR count). The number of alkyl carbamates (subject to hydrolysis) is 1. The molecule has 0 fully saturated rings. The number of anilines is 1. The number of hydrogen-bond donors (Lipinski definition) is 2. The van der Waals surface area contributed by atoms with Gasteiger partial charge in [0.15, 0.2) is 0 Å². The van der Waals surface area contributed by atoms with Gasteiger partial charge < -0.3 is 20.3 Å². The number of hydrogen-bond acceptors (Lipinski definition) is 5. The normalized spacial score (nSPS) is 13.3. The quantitative estimate of drug-likeness (QED) is 0.391. The molecule has 0 heterocycles. The monoisotopic (exact) mass is 541 g/mol. The van der Waals surface area contributed by atoms with Crippen molar-refractivity contribution >= 4 is 35.4 Å². The van der Waals surface area contributed by atoms with Crippen LogP contribution in [0.1, 0.15) is 70.7 Å². The van der Waals surface area contributed by atoms with Crippen molar-refractivity contribution in [1.29, 1.82) is 0 Å². The van der Waals surface area contributed by atoms with Gasteiger partial charge >= 0.3 is 6.09 Å². The van der Waals surface area contributed by atoms with Gasteiger partial charge in [-0.15, -0.1) is 0 Å². The first kappa shape index (κ1) is 31.2. The number of amides is 3. The molecule has 38 heavy (non-hydrogen) atoms. The Hall–Kier alpha value is -3.00. The first-order valence-corrected chi connectivity index (χ1v) is 14.3. The van der Waals surface area contributed by atoms with E-state index >= 15 is 0 Å². The van der Waals surface area contributed by atoms with E-state index in [1.165, 1.54) is 0 Å². The summed E-state index contributed by atoms with van der Waals surface area (Å²) in [4.78, 5) is 42.6. The Labute approximate surface area is 232 Å². The molecule has 0 radical (unpaired) electrons. The lowest BCUT2D eigenvalue weighted by Gasteiger charge is -2.43. The number of ether oxygens (including phenoxy) is 1. The number of carbonyl (C=O) groups is 3. The van der Waals surface area contributed by atoms with Crippen molar-refractivity contribution in [3.63, 3.8) is 0 Å². The number of nitrogens with zero attached hydrogens (tertiary/aromatic N) is 1. The van der Waals surface area contributed by atoms with E-state index < -0.39 is 29.3 Å². The zero-order valence-corrected chi connectivity index (χ0v) is 25.0. The van der Waals surface area contributed by atoms with Gasteiger partial charge in [-0.1, -0.05) is 48.5 Å². The largest absolute Gasteiger partial charge is 0.444 e. The van der Waals surface area contributed by atoms with Crippen molar-refractivity contribution in [2.24, 2.45) is 0 Å². The Morgan fingerprint density at radius 3 is 2.00 bits per heavy atom. The SMILES string of the molecule is CSCCC(NC(=O)OC(C)(C)C)C(=O)N(C(C(=O)Nc1c(C)cccc1C)c1ccccc1)C(C)(C)C. The Kier molecular flexibility index (Phi) is 10.8. The standard InChI is InChI=1S/C30H43N3O4S/c1-20-14-13-15-21(2)24(20)32-26(34)25(22-16-11-10-12-17-22)33(29(3,4)5)27(35)23(18-19-38-9)31-28(36)37-30(6,7)8/h10-17,23,25H,18-19H2,1-9H3,(H,31,36)(H,32,34). The van der Waals surface area contributed by atoms with E-state index in [2.05, 4.69) is 10.6 Å². The molecule has 2 N–H and O–H groups in total. The van der Waals surface area contributed by atoms with E-state index in [1.807, 2.05) is 89.4 Å². The number of thioether (sulfide) groups is 1. The third-order valence-electron chi connectivity index (χ3n) is 5.91. The third kappa shape index (κ3) is 8.79. The van der Waals surface area contributed by atoms with Gasteiger partial charge in [0, 0.05) is 11.2 Å². The molecular weight excluding hydrogens is 498 g/mol. The fourth-order valence-electron chi connectivity index (χ4n) is 4.21. The van der Waals surface area contributed by atoms with Crippen LogP contribution in [0.3, 0.4) is 0 Å². The highest BCUT2D eigenvalue weighted by Gasteiger charge is 2.42. The van der Waals surface area contributed by atoms with Crippen molar-refractivity contribution in [3.05, 3.63) is 65.2 Å². The minimum Gasteiger partial charge on any atom is -0.444 e. The molecule has 208 valence electrons. The van der Waals surface area contributed by atoms with Crippen molar-refractivity contribution < 1.29 is 19.1 Å². The molecule has 0 aromatic heterocycles. The Morgan fingerprint density at radius 2 is 1.50 bits per heavy atom. The van der Waals surface area contributed by atoms with Gasteiger partial charge in [-0.25, -0.2) is 4.79 Å². The van der Waals surface area contributed by atoms with Crippen molar-refractivity contribution in [3.8, 4) is 0 Å². The van der Waals surface area contributed by atoms with Gasteiger partial charge in [-0.2, -0.15) is 11.8 Å². The Bertz CT molecular complexity index is 1090. The van der Waals surface area contributed by atoms with Crippen LogP contribution in [0.4, 0.5) is 10.5 Å². The van der Waals surface area contributed by atoms with E-state index in [-0.39, 0.29) is 11.8 Å². The smallest absolute Gasteiger partial charge is 0.408 e. The van der Waals surface area contributed by atoms with Crippen LogP contribution in [0, 0.1) is 13.8 Å². The van der Waals surface area contributed by atoms with Crippen molar-refractivity contribution in [1.82, 2.24) is 10.2 Å². The number of carbonyl (C=O) groups excluding carboxylic acids is 3. The maximum atomic E-state index is 14.3. The average Bonchev–Trinajstić information content (AvgIpc) is 2.80. The van der Waals surface area contributed by atoms with Crippen LogP contribution in [-0.2, 0) is 14.3 Å². The molecule has 2 aromatic rings. The highest BCUT2D eigenvalue weighted by atomic mass is 32.2. The topological polar surface area (TPSA) is 87.7 Å². The molecule has 2 unspecified atom stereocenters. The van der Waals surface area contributed by atoms with Crippen LogP contribution in [-0.4, -0.2) is 52.0 Å². The van der Waals surface area contributed by atoms with Crippen LogP contribution < -0.4 is 10.6 Å². The van der Waals surface area contributed by atoms with Crippen LogP contribution in [0.2, 0.25) is 0 Å². The Balaban J connectivity index is 2.56. The van der Waals surface area contributed by atoms with Gasteiger partial charge in [0.25, 0.3) is 5.91 Å². The van der Waals surface area contributed by atoms with Gasteiger partial charge in [-0.3, -0.25) is 9.59 Å². The van der Waals surface area contributed by atoms with Gasteiger partial charge in [0.2, 0.25) is 5.91 Å². The fourth-order valence-corrected chi connectivity index (χ4v) is 4.68. The number of rotatable bonds is 9. The number of aryl methyl sites for hydroxylation is 2. The maximum absolute atomic E-state index is 14.3. The van der Waals surface area contributed by atoms with E-state index in [0.717, 1.165) is 16.8 Å². The van der Waals surface area contributed by atoms with Gasteiger partial charge in [0.1, 0.15) is 17.7 Å². The second-order valence-corrected chi connectivity index (χ2v) is 12.4. The minimum atomic E-state index is -0.931. The zero-order chi connectivity index (χ0) is 28.7. The summed E-state index contributed by atoms with van der Waals surface area (Å²) in [7, 11) is 0. The predicted molar refractivity (Wildman–Crippen MR) is 156 cm³/mol. The summed E-state index contributed by atoms with van der Waals surface area (Å²) in [5.74, 6) is -0.0184. The van der Waals surface area contributed by atoms with E-state index in [1.54, 1.807) is 37.4 Å². The highest BCUT2D eigenvalue weighted by molar-refractivity contribution is 7.98. The zero-order valence-electron chi connectivity index (χ0n) is 24.2. The lowest BCUT2D eigenvalue weighted by molar-refractivity contribution is -0.146. The first-order chi connectivity index (χ1) is 17.7. The molecule has 0 aliphatic carbocycles. The lowest BCUT2D eigenvalue weighted by atomic mass is 9.94. The summed E-state index contributed by atoms with van der Waals surface area (Å²) < 4.78 is 5.45. The summed E-state index contributed by atoms with van der Waals surface area (Å²) in [6.45, 7) is 14.9. The molecule has 0 aliphatic rings. The van der Waals surface area contributed by atoms with E-state index in [0.29, 0.717) is 17.7 Å². The van der Waals surface area contributed by atoms with Crippen molar-refractivity contribution in [2.75, 3.05) is 17.3 Å². The van der Waals surface area contributed by atoms with E-state index in [4.69, 9.17) is 4.74 Å². The molecule has 7 nitrogen and oxygen atoms in total. The van der Waals surface area contributed by atoms with Crippen LogP contribution in [0.25, 0.3) is 0 Å². The number of benzene rings is 2. The molecule has 3 amide bonds. The second-order valence-electron chi connectivity index (χ2n) is 11.4.